The lowest BCUT2D eigenvalue weighted by atomic mass is 9.96. The first-order valence-electron chi connectivity index (χ1n) is 10.1. The fourth-order valence-electron chi connectivity index (χ4n) is 3.99. The number of benzene rings is 1. The third-order valence-electron chi connectivity index (χ3n) is 5.78. The van der Waals surface area contributed by atoms with Crippen LogP contribution in [-0.4, -0.2) is 72.3 Å². The average molecular weight is 383 g/mol. The summed E-state index contributed by atoms with van der Waals surface area (Å²) >= 11 is 0. The lowest BCUT2D eigenvalue weighted by Crippen LogP contribution is -2.46. The van der Waals surface area contributed by atoms with E-state index in [1.807, 2.05) is 29.2 Å². The van der Waals surface area contributed by atoms with Crippen molar-refractivity contribution in [3.63, 3.8) is 0 Å². The van der Waals surface area contributed by atoms with Crippen molar-refractivity contribution in [2.75, 3.05) is 45.8 Å². The van der Waals surface area contributed by atoms with E-state index in [2.05, 4.69) is 15.9 Å². The fraction of sp³-hybridized carbons (Fsp3) is 0.571. The molecule has 0 radical (unpaired) electrons. The summed E-state index contributed by atoms with van der Waals surface area (Å²) in [6, 6.07) is 9.90. The molecule has 2 aliphatic rings. The normalized spacial score (nSPS) is 19.8. The zero-order valence-electron chi connectivity index (χ0n) is 16.3. The number of nitrogens with two attached hydrogens (primary N) is 1. The molecular formula is C21H29N5O2. The van der Waals surface area contributed by atoms with Crippen LogP contribution >= 0.6 is 0 Å². The first-order valence-corrected chi connectivity index (χ1v) is 10.1. The molecule has 2 aliphatic heterocycles. The van der Waals surface area contributed by atoms with Crippen molar-refractivity contribution < 1.29 is 9.59 Å². The van der Waals surface area contributed by atoms with Gasteiger partial charge in [-0.25, -0.2) is 0 Å². The van der Waals surface area contributed by atoms with Gasteiger partial charge in [0.05, 0.1) is 18.2 Å². The molecule has 0 aromatic heterocycles. The van der Waals surface area contributed by atoms with Gasteiger partial charge in [-0.2, -0.15) is 5.26 Å². The van der Waals surface area contributed by atoms with E-state index in [9.17, 15) is 9.59 Å². The van der Waals surface area contributed by atoms with E-state index in [0.717, 1.165) is 39.1 Å². The van der Waals surface area contributed by atoms with Gasteiger partial charge in [-0.1, -0.05) is 12.1 Å². The van der Waals surface area contributed by atoms with Crippen molar-refractivity contribution in [1.82, 2.24) is 14.7 Å². The molecule has 2 heterocycles. The second kappa shape index (κ2) is 9.67. The topological polar surface area (TPSA) is 93.7 Å². The number of hydrogen-bond acceptors (Lipinski definition) is 5. The lowest BCUT2D eigenvalue weighted by molar-refractivity contribution is -0.135. The van der Waals surface area contributed by atoms with Gasteiger partial charge in [0.25, 0.3) is 0 Å². The maximum Gasteiger partial charge on any atom is 0.236 e. The van der Waals surface area contributed by atoms with Crippen LogP contribution in [0.15, 0.2) is 24.3 Å². The number of amides is 2. The summed E-state index contributed by atoms with van der Waals surface area (Å²) < 4.78 is 0. The largest absolute Gasteiger partial charge is 0.369 e. The summed E-state index contributed by atoms with van der Waals surface area (Å²) in [7, 11) is 0. The van der Waals surface area contributed by atoms with Crippen LogP contribution in [0.1, 0.15) is 30.4 Å². The number of nitrogens with zero attached hydrogens (tertiary/aromatic N) is 4. The van der Waals surface area contributed by atoms with E-state index in [1.54, 1.807) is 0 Å². The van der Waals surface area contributed by atoms with Gasteiger partial charge in [-0.05, 0) is 50.0 Å². The van der Waals surface area contributed by atoms with Gasteiger partial charge in [0.1, 0.15) is 0 Å². The molecule has 0 aliphatic carbocycles. The zero-order valence-corrected chi connectivity index (χ0v) is 16.3. The SMILES string of the molecule is N#Cc1ccc(CN2CCCN(CC(=O)N3CCC(C(N)=O)CC3)CC2)cc1. The van der Waals surface area contributed by atoms with Crippen molar-refractivity contribution in [1.29, 1.82) is 5.26 Å². The Hall–Kier alpha value is -2.43. The second-order valence-corrected chi connectivity index (χ2v) is 7.77. The smallest absolute Gasteiger partial charge is 0.236 e. The maximum atomic E-state index is 12.6. The minimum absolute atomic E-state index is 0.0852. The van der Waals surface area contributed by atoms with Gasteiger partial charge in [-0.3, -0.25) is 19.4 Å². The Morgan fingerprint density at radius 2 is 1.64 bits per heavy atom. The molecule has 2 saturated heterocycles. The highest BCUT2D eigenvalue weighted by Crippen LogP contribution is 2.17. The second-order valence-electron chi connectivity index (χ2n) is 7.77. The first-order chi connectivity index (χ1) is 13.5. The Bertz CT molecular complexity index is 719. The predicted octanol–water partition coefficient (Wildman–Crippen LogP) is 0.790. The Balaban J connectivity index is 1.44. The number of nitriles is 1. The number of primary amides is 1. The van der Waals surface area contributed by atoms with Crippen LogP contribution in [-0.2, 0) is 16.1 Å². The highest BCUT2D eigenvalue weighted by atomic mass is 16.2. The van der Waals surface area contributed by atoms with Crippen molar-refractivity contribution in [2.45, 2.75) is 25.8 Å². The van der Waals surface area contributed by atoms with Crippen molar-refractivity contribution in [3.8, 4) is 6.07 Å². The molecule has 2 fully saturated rings. The highest BCUT2D eigenvalue weighted by molar-refractivity contribution is 5.80. The Morgan fingerprint density at radius 1 is 1.00 bits per heavy atom. The molecule has 0 unspecified atom stereocenters. The minimum Gasteiger partial charge on any atom is -0.369 e. The molecule has 0 atom stereocenters. The van der Waals surface area contributed by atoms with Gasteiger partial charge >= 0.3 is 0 Å². The third-order valence-corrected chi connectivity index (χ3v) is 5.78. The van der Waals surface area contributed by atoms with Crippen LogP contribution in [0.2, 0.25) is 0 Å². The van der Waals surface area contributed by atoms with Crippen LogP contribution in [0.25, 0.3) is 0 Å². The summed E-state index contributed by atoms with van der Waals surface area (Å²) in [5.41, 5.74) is 7.26. The van der Waals surface area contributed by atoms with Crippen LogP contribution in [0.5, 0.6) is 0 Å². The molecule has 2 amide bonds. The standard InChI is InChI=1S/C21H29N5O2/c22-14-17-2-4-18(5-3-17)15-24-8-1-9-25(13-12-24)16-20(27)26-10-6-19(7-11-26)21(23)28/h2-5,19H,1,6-13,15-16H2,(H2,23,28). The quantitative estimate of drug-likeness (QED) is 0.811. The molecule has 0 bridgehead atoms. The molecule has 1 aromatic carbocycles. The number of carbonyl (C=O) groups excluding carboxylic acids is 2. The van der Waals surface area contributed by atoms with Crippen LogP contribution in [0.3, 0.4) is 0 Å². The number of carbonyl (C=O) groups is 2. The molecule has 1 aromatic rings. The van der Waals surface area contributed by atoms with Gasteiger partial charge in [0.2, 0.25) is 11.8 Å². The van der Waals surface area contributed by atoms with E-state index in [0.29, 0.717) is 38.0 Å². The molecule has 2 N–H and O–H groups in total. The molecule has 0 saturated carbocycles. The van der Waals surface area contributed by atoms with Crippen LogP contribution in [0, 0.1) is 17.2 Å². The summed E-state index contributed by atoms with van der Waals surface area (Å²) in [6.07, 6.45) is 2.40. The average Bonchev–Trinajstić information content (AvgIpc) is 2.93. The minimum atomic E-state index is -0.248. The molecule has 28 heavy (non-hydrogen) atoms. The van der Waals surface area contributed by atoms with E-state index in [-0.39, 0.29) is 17.7 Å². The van der Waals surface area contributed by atoms with Gasteiger partial charge < -0.3 is 10.6 Å². The van der Waals surface area contributed by atoms with Gasteiger partial charge in [0, 0.05) is 38.6 Å². The van der Waals surface area contributed by atoms with E-state index in [1.165, 1.54) is 5.56 Å². The summed E-state index contributed by atoms with van der Waals surface area (Å²) in [4.78, 5) is 30.4. The maximum absolute atomic E-state index is 12.6. The predicted molar refractivity (Wildman–Crippen MR) is 106 cm³/mol. The van der Waals surface area contributed by atoms with E-state index in [4.69, 9.17) is 11.0 Å². The number of rotatable bonds is 5. The summed E-state index contributed by atoms with van der Waals surface area (Å²) in [6.45, 7) is 6.31. The number of likely N-dealkylation sites (tertiary alicyclic amines) is 1. The number of piperidine rings is 1. The van der Waals surface area contributed by atoms with E-state index >= 15 is 0 Å². The Morgan fingerprint density at radius 3 is 2.29 bits per heavy atom. The molecule has 7 heteroatoms. The molecular weight excluding hydrogens is 354 g/mol. The molecule has 0 spiro atoms. The Kier molecular flexibility index (Phi) is 7.01. The van der Waals surface area contributed by atoms with Gasteiger partial charge in [0.15, 0.2) is 0 Å². The summed E-state index contributed by atoms with van der Waals surface area (Å²) in [5, 5.41) is 8.90. The zero-order chi connectivity index (χ0) is 19.9. The van der Waals surface area contributed by atoms with Crippen molar-refractivity contribution in [2.24, 2.45) is 11.7 Å². The Labute approximate surface area is 166 Å². The third kappa shape index (κ3) is 5.54. The summed E-state index contributed by atoms with van der Waals surface area (Å²) in [5.74, 6) is -0.177. The van der Waals surface area contributed by atoms with Crippen LogP contribution in [0.4, 0.5) is 0 Å². The molecule has 7 nitrogen and oxygen atoms in total. The monoisotopic (exact) mass is 383 g/mol. The van der Waals surface area contributed by atoms with E-state index < -0.39 is 0 Å². The van der Waals surface area contributed by atoms with Gasteiger partial charge in [-0.15, -0.1) is 0 Å². The molecule has 3 rings (SSSR count). The first kappa shape index (κ1) is 20.3. The van der Waals surface area contributed by atoms with Crippen LogP contribution < -0.4 is 5.73 Å². The highest BCUT2D eigenvalue weighted by Gasteiger charge is 2.27. The van der Waals surface area contributed by atoms with Crippen molar-refractivity contribution >= 4 is 11.8 Å². The van der Waals surface area contributed by atoms with Crippen molar-refractivity contribution in [3.05, 3.63) is 35.4 Å². The molecule has 150 valence electrons. The number of hydrogen-bond donors (Lipinski definition) is 1. The lowest BCUT2D eigenvalue weighted by Gasteiger charge is -2.32. The fourth-order valence-corrected chi connectivity index (χ4v) is 3.99.